The van der Waals surface area contributed by atoms with Crippen molar-refractivity contribution in [1.29, 1.82) is 0 Å². The third-order valence-electron chi connectivity index (χ3n) is 4.57. The van der Waals surface area contributed by atoms with Crippen molar-refractivity contribution in [1.82, 2.24) is 4.90 Å². The minimum Gasteiger partial charge on any atom is -0.491 e. The number of nitrogens with zero attached hydrogens (tertiary/aromatic N) is 1. The number of imide groups is 1. The third kappa shape index (κ3) is 2.54. The normalized spacial score (nSPS) is 23.8. The molecule has 1 heterocycles. The summed E-state index contributed by atoms with van der Waals surface area (Å²) >= 11 is 0. The van der Waals surface area contributed by atoms with E-state index in [1.54, 1.807) is 0 Å². The Morgan fingerprint density at radius 2 is 1.59 bits per heavy atom. The number of amides is 2. The number of benzene rings is 1. The fourth-order valence-corrected chi connectivity index (χ4v) is 3.36. The Kier molecular flexibility index (Phi) is 4.01. The van der Waals surface area contributed by atoms with Crippen molar-refractivity contribution in [2.45, 2.75) is 26.7 Å². The van der Waals surface area contributed by atoms with Crippen LogP contribution in [0.1, 0.15) is 24.0 Å². The second-order valence-electron chi connectivity index (χ2n) is 6.05. The van der Waals surface area contributed by atoms with Gasteiger partial charge in [0.05, 0.1) is 18.4 Å². The molecule has 1 aliphatic heterocycles. The summed E-state index contributed by atoms with van der Waals surface area (Å²) in [5.41, 5.74) is 2.13. The van der Waals surface area contributed by atoms with Gasteiger partial charge in [-0.2, -0.15) is 0 Å². The predicted octanol–water partition coefficient (Wildman–Crippen LogP) is 2.63. The molecule has 116 valence electrons. The van der Waals surface area contributed by atoms with Gasteiger partial charge in [0.1, 0.15) is 12.4 Å². The van der Waals surface area contributed by atoms with Gasteiger partial charge in [-0.25, -0.2) is 0 Å². The maximum Gasteiger partial charge on any atom is 0.233 e. The van der Waals surface area contributed by atoms with Gasteiger partial charge in [-0.1, -0.05) is 30.4 Å². The SMILES string of the molecule is Cc1cccc(C)c1OCCN1C(=O)[C@H]2CC=CC[C@@H]2C1=O. The number of aryl methyl sites for hydroxylation is 2. The van der Waals surface area contributed by atoms with Crippen LogP contribution in [0.5, 0.6) is 5.75 Å². The van der Waals surface area contributed by atoms with Crippen molar-refractivity contribution in [2.75, 3.05) is 13.2 Å². The van der Waals surface area contributed by atoms with Crippen LogP contribution in [0.25, 0.3) is 0 Å². The molecule has 1 aliphatic carbocycles. The van der Waals surface area contributed by atoms with E-state index in [2.05, 4.69) is 0 Å². The second kappa shape index (κ2) is 5.95. The molecule has 22 heavy (non-hydrogen) atoms. The van der Waals surface area contributed by atoms with E-state index in [0.29, 0.717) is 26.0 Å². The van der Waals surface area contributed by atoms with E-state index in [4.69, 9.17) is 4.74 Å². The van der Waals surface area contributed by atoms with Crippen LogP contribution in [0.3, 0.4) is 0 Å². The number of rotatable bonds is 4. The van der Waals surface area contributed by atoms with Crippen molar-refractivity contribution in [2.24, 2.45) is 11.8 Å². The zero-order valence-electron chi connectivity index (χ0n) is 13.0. The fourth-order valence-electron chi connectivity index (χ4n) is 3.36. The monoisotopic (exact) mass is 299 g/mol. The number of ether oxygens (including phenoxy) is 1. The van der Waals surface area contributed by atoms with Gasteiger partial charge in [0.15, 0.2) is 0 Å². The average molecular weight is 299 g/mol. The van der Waals surface area contributed by atoms with E-state index < -0.39 is 0 Å². The zero-order valence-corrected chi connectivity index (χ0v) is 13.0. The van der Waals surface area contributed by atoms with Gasteiger partial charge in [-0.15, -0.1) is 0 Å². The molecule has 0 spiro atoms. The van der Waals surface area contributed by atoms with Crippen molar-refractivity contribution in [3.8, 4) is 5.75 Å². The Morgan fingerprint density at radius 3 is 2.14 bits per heavy atom. The summed E-state index contributed by atoms with van der Waals surface area (Å²) in [7, 11) is 0. The molecule has 1 aromatic rings. The van der Waals surface area contributed by atoms with E-state index >= 15 is 0 Å². The molecule has 0 radical (unpaired) electrons. The van der Waals surface area contributed by atoms with Gasteiger partial charge in [-0.05, 0) is 37.8 Å². The molecule has 4 heteroatoms. The molecular weight excluding hydrogens is 278 g/mol. The van der Waals surface area contributed by atoms with E-state index in [1.165, 1.54) is 4.90 Å². The Hall–Kier alpha value is -2.10. The summed E-state index contributed by atoms with van der Waals surface area (Å²) in [5.74, 6) is 0.463. The first-order valence-electron chi connectivity index (χ1n) is 7.79. The molecule has 2 amide bonds. The van der Waals surface area contributed by atoms with Gasteiger partial charge in [0.2, 0.25) is 11.8 Å². The Labute approximate surface area is 130 Å². The summed E-state index contributed by atoms with van der Waals surface area (Å²) in [6.07, 6.45) is 5.37. The molecule has 0 unspecified atom stereocenters. The van der Waals surface area contributed by atoms with E-state index in [0.717, 1.165) is 16.9 Å². The topological polar surface area (TPSA) is 46.6 Å². The maximum atomic E-state index is 12.3. The molecular formula is C18H21NO3. The molecule has 3 rings (SSSR count). The highest BCUT2D eigenvalue weighted by Crippen LogP contribution is 2.34. The molecule has 1 saturated heterocycles. The number of hydrogen-bond acceptors (Lipinski definition) is 3. The van der Waals surface area contributed by atoms with Crippen molar-refractivity contribution in [3.63, 3.8) is 0 Å². The molecule has 1 fully saturated rings. The summed E-state index contributed by atoms with van der Waals surface area (Å²) in [6, 6.07) is 5.98. The third-order valence-corrected chi connectivity index (χ3v) is 4.57. The van der Waals surface area contributed by atoms with E-state index in [-0.39, 0.29) is 23.7 Å². The number of likely N-dealkylation sites (tertiary alicyclic amines) is 1. The molecule has 0 saturated carbocycles. The van der Waals surface area contributed by atoms with E-state index in [1.807, 2.05) is 44.2 Å². The van der Waals surface area contributed by atoms with Gasteiger partial charge in [0, 0.05) is 0 Å². The first-order valence-corrected chi connectivity index (χ1v) is 7.79. The lowest BCUT2D eigenvalue weighted by Gasteiger charge is -2.17. The van der Waals surface area contributed by atoms with Crippen molar-refractivity contribution < 1.29 is 14.3 Å². The number of fused-ring (bicyclic) bond motifs is 1. The van der Waals surface area contributed by atoms with Gasteiger partial charge in [-0.3, -0.25) is 14.5 Å². The van der Waals surface area contributed by atoms with Crippen LogP contribution in [0.4, 0.5) is 0 Å². The molecule has 1 aromatic carbocycles. The maximum absolute atomic E-state index is 12.3. The van der Waals surface area contributed by atoms with Crippen LogP contribution in [0.15, 0.2) is 30.4 Å². The largest absolute Gasteiger partial charge is 0.491 e. The quantitative estimate of drug-likeness (QED) is 0.634. The number of allylic oxidation sites excluding steroid dienone is 2. The van der Waals surface area contributed by atoms with Crippen molar-refractivity contribution in [3.05, 3.63) is 41.5 Å². The highest BCUT2D eigenvalue weighted by molar-refractivity contribution is 6.05. The van der Waals surface area contributed by atoms with E-state index in [9.17, 15) is 9.59 Å². The molecule has 2 atom stereocenters. The smallest absolute Gasteiger partial charge is 0.233 e. The summed E-state index contributed by atoms with van der Waals surface area (Å²) in [5, 5.41) is 0. The lowest BCUT2D eigenvalue weighted by Crippen LogP contribution is -2.34. The highest BCUT2D eigenvalue weighted by Gasteiger charge is 2.46. The van der Waals surface area contributed by atoms with Gasteiger partial charge >= 0.3 is 0 Å². The van der Waals surface area contributed by atoms with Crippen LogP contribution in [-0.2, 0) is 9.59 Å². The number of carbonyl (C=O) groups is 2. The Morgan fingerprint density at radius 1 is 1.05 bits per heavy atom. The highest BCUT2D eigenvalue weighted by atomic mass is 16.5. The van der Waals surface area contributed by atoms with Crippen LogP contribution in [0, 0.1) is 25.7 Å². The summed E-state index contributed by atoms with van der Waals surface area (Å²) < 4.78 is 5.82. The lowest BCUT2D eigenvalue weighted by molar-refractivity contribution is -0.140. The predicted molar refractivity (Wildman–Crippen MR) is 83.5 cm³/mol. The van der Waals surface area contributed by atoms with Crippen LogP contribution < -0.4 is 4.74 Å². The fraction of sp³-hybridized carbons (Fsp3) is 0.444. The number of para-hydroxylation sites is 1. The molecule has 4 nitrogen and oxygen atoms in total. The summed E-state index contributed by atoms with van der Waals surface area (Å²) in [6.45, 7) is 4.66. The molecule has 0 aromatic heterocycles. The summed E-state index contributed by atoms with van der Waals surface area (Å²) in [4.78, 5) is 26.1. The standard InChI is InChI=1S/C18H21NO3/c1-12-6-5-7-13(2)16(12)22-11-10-19-17(20)14-8-3-4-9-15(14)18(19)21/h3-7,14-15H,8-11H2,1-2H3/t14-,15-/m0/s1. The molecule has 0 bridgehead atoms. The minimum atomic E-state index is -0.155. The van der Waals surface area contributed by atoms with Gasteiger partial charge < -0.3 is 4.74 Å². The van der Waals surface area contributed by atoms with Crippen LogP contribution in [0.2, 0.25) is 0 Å². The lowest BCUT2D eigenvalue weighted by atomic mass is 9.85. The first kappa shape index (κ1) is 14.8. The number of hydrogen-bond donors (Lipinski definition) is 0. The first-order chi connectivity index (χ1) is 10.6. The average Bonchev–Trinajstić information content (AvgIpc) is 2.75. The zero-order chi connectivity index (χ0) is 15.7. The second-order valence-corrected chi connectivity index (χ2v) is 6.05. The molecule has 2 aliphatic rings. The minimum absolute atomic E-state index is 0.0375. The van der Waals surface area contributed by atoms with Gasteiger partial charge in [0.25, 0.3) is 0 Å². The Bertz CT molecular complexity index is 589. The Balaban J connectivity index is 1.63. The van der Waals surface area contributed by atoms with Crippen LogP contribution in [-0.4, -0.2) is 29.9 Å². The number of carbonyl (C=O) groups excluding carboxylic acids is 2. The molecule has 0 N–H and O–H groups in total. The van der Waals surface area contributed by atoms with Crippen molar-refractivity contribution >= 4 is 11.8 Å². The van der Waals surface area contributed by atoms with Crippen LogP contribution >= 0.6 is 0 Å².